The number of aliphatic carboxylic acids is 1. The third-order valence-electron chi connectivity index (χ3n) is 2.59. The highest BCUT2D eigenvalue weighted by Gasteiger charge is 2.23. The van der Waals surface area contributed by atoms with E-state index in [1.807, 2.05) is 34.6 Å². The summed E-state index contributed by atoms with van der Waals surface area (Å²) in [6.07, 6.45) is 0.596. The second kappa shape index (κ2) is 7.36. The Labute approximate surface area is 116 Å². The van der Waals surface area contributed by atoms with Gasteiger partial charge in [-0.15, -0.1) is 0 Å². The number of hydrogen-bond acceptors (Lipinski definition) is 2. The van der Waals surface area contributed by atoms with Crippen LogP contribution in [0.1, 0.15) is 47.5 Å². The first kappa shape index (κ1) is 17.7. The van der Waals surface area contributed by atoms with Crippen LogP contribution in [-0.4, -0.2) is 41.6 Å². The molecule has 0 aromatic heterocycles. The number of carboxylic acid groups (broad SMARTS) is 1. The molecule has 0 aliphatic heterocycles. The fourth-order valence-corrected chi connectivity index (χ4v) is 2.04. The highest BCUT2D eigenvalue weighted by molar-refractivity contribution is 5.75. The third kappa shape index (κ3) is 9.33. The van der Waals surface area contributed by atoms with E-state index >= 15 is 0 Å². The number of carbonyl (C=O) groups excluding carboxylic acids is 1. The fraction of sp³-hybridized carbons (Fsp3) is 0.857. The minimum Gasteiger partial charge on any atom is -0.481 e. The van der Waals surface area contributed by atoms with Gasteiger partial charge >= 0.3 is 12.0 Å². The zero-order valence-corrected chi connectivity index (χ0v) is 13.0. The zero-order valence-electron chi connectivity index (χ0n) is 13.0. The second-order valence-corrected chi connectivity index (χ2v) is 6.78. The van der Waals surface area contributed by atoms with Gasteiger partial charge in [0.1, 0.15) is 0 Å². The van der Waals surface area contributed by atoms with Crippen LogP contribution in [0.2, 0.25) is 0 Å². The first-order valence-electron chi connectivity index (χ1n) is 6.74. The van der Waals surface area contributed by atoms with Gasteiger partial charge in [0, 0.05) is 19.6 Å². The molecule has 2 N–H and O–H groups in total. The predicted octanol–water partition coefficient (Wildman–Crippen LogP) is 2.56. The predicted molar refractivity (Wildman–Crippen MR) is 76.1 cm³/mol. The van der Waals surface area contributed by atoms with Crippen LogP contribution in [0.25, 0.3) is 0 Å². The summed E-state index contributed by atoms with van der Waals surface area (Å²) in [4.78, 5) is 24.4. The topological polar surface area (TPSA) is 69.6 Å². The number of hydrogen-bond donors (Lipinski definition) is 2. The second-order valence-electron chi connectivity index (χ2n) is 6.78. The van der Waals surface area contributed by atoms with E-state index in [1.165, 1.54) is 0 Å². The van der Waals surface area contributed by atoms with Crippen molar-refractivity contribution in [3.8, 4) is 0 Å². The molecule has 0 bridgehead atoms. The van der Waals surface area contributed by atoms with E-state index in [2.05, 4.69) is 5.32 Å². The van der Waals surface area contributed by atoms with E-state index in [4.69, 9.17) is 5.11 Å². The van der Waals surface area contributed by atoms with Crippen molar-refractivity contribution in [3.05, 3.63) is 0 Å². The molecule has 0 saturated carbocycles. The number of rotatable bonds is 6. The van der Waals surface area contributed by atoms with Crippen LogP contribution < -0.4 is 5.32 Å². The summed E-state index contributed by atoms with van der Waals surface area (Å²) in [5.41, 5.74) is -0.0238. The van der Waals surface area contributed by atoms with Crippen LogP contribution in [0.4, 0.5) is 4.79 Å². The summed E-state index contributed by atoms with van der Waals surface area (Å²) in [5.74, 6) is -0.502. The van der Waals surface area contributed by atoms with Gasteiger partial charge in [0.15, 0.2) is 0 Å². The maximum atomic E-state index is 12.0. The molecule has 0 aliphatic rings. The largest absolute Gasteiger partial charge is 0.481 e. The molecule has 5 nitrogen and oxygen atoms in total. The van der Waals surface area contributed by atoms with Gasteiger partial charge in [-0.05, 0) is 17.8 Å². The molecule has 5 heteroatoms. The van der Waals surface area contributed by atoms with Crippen molar-refractivity contribution < 1.29 is 14.7 Å². The Morgan fingerprint density at radius 1 is 1.26 bits per heavy atom. The minimum atomic E-state index is -0.888. The summed E-state index contributed by atoms with van der Waals surface area (Å²) in [6, 6.07) is -0.538. The van der Waals surface area contributed by atoms with Crippen LogP contribution in [0.3, 0.4) is 0 Å². The Balaban J connectivity index is 4.54. The van der Waals surface area contributed by atoms with Crippen LogP contribution in [-0.2, 0) is 4.79 Å². The van der Waals surface area contributed by atoms with Crippen molar-refractivity contribution in [1.82, 2.24) is 10.2 Å². The Bertz CT molecular complexity index is 308. The molecule has 0 radical (unpaired) electrons. The number of amides is 2. The standard InChI is InChI=1S/C14H28N2O3/c1-10(2)9-16(6)13(19)15-11(7-12(17)18)8-14(3,4)5/h10-11H,7-9H2,1-6H3,(H,15,19)(H,17,18). The molecule has 0 saturated heterocycles. The highest BCUT2D eigenvalue weighted by Crippen LogP contribution is 2.22. The van der Waals surface area contributed by atoms with Crippen molar-refractivity contribution in [2.75, 3.05) is 13.6 Å². The summed E-state index contributed by atoms with van der Waals surface area (Å²) in [7, 11) is 1.73. The number of nitrogens with one attached hydrogen (secondary N) is 1. The van der Waals surface area contributed by atoms with E-state index in [-0.39, 0.29) is 23.9 Å². The molecular formula is C14H28N2O3. The first-order chi connectivity index (χ1) is 8.51. The molecular weight excluding hydrogens is 244 g/mol. The van der Waals surface area contributed by atoms with Crippen molar-refractivity contribution in [2.24, 2.45) is 11.3 Å². The van der Waals surface area contributed by atoms with E-state index in [0.717, 1.165) is 0 Å². The molecule has 0 aromatic rings. The Hall–Kier alpha value is -1.26. The van der Waals surface area contributed by atoms with E-state index in [0.29, 0.717) is 18.9 Å². The zero-order chi connectivity index (χ0) is 15.2. The lowest BCUT2D eigenvalue weighted by Crippen LogP contribution is -2.46. The van der Waals surface area contributed by atoms with Gasteiger partial charge in [-0.25, -0.2) is 4.79 Å². The normalized spacial score (nSPS) is 13.2. The lowest BCUT2D eigenvalue weighted by molar-refractivity contribution is -0.137. The first-order valence-corrected chi connectivity index (χ1v) is 6.74. The molecule has 0 aliphatic carbocycles. The summed E-state index contributed by atoms with van der Waals surface area (Å²) >= 11 is 0. The quantitative estimate of drug-likeness (QED) is 0.780. The Morgan fingerprint density at radius 2 is 1.79 bits per heavy atom. The summed E-state index contributed by atoms with van der Waals surface area (Å²) < 4.78 is 0. The van der Waals surface area contributed by atoms with Gasteiger partial charge in [-0.3, -0.25) is 4.79 Å². The Kier molecular flexibility index (Phi) is 6.87. The number of urea groups is 1. The maximum absolute atomic E-state index is 12.0. The molecule has 0 fully saturated rings. The molecule has 0 spiro atoms. The smallest absolute Gasteiger partial charge is 0.317 e. The van der Waals surface area contributed by atoms with Gasteiger partial charge in [0.2, 0.25) is 0 Å². The number of carbonyl (C=O) groups is 2. The SMILES string of the molecule is CC(C)CN(C)C(=O)NC(CC(=O)O)CC(C)(C)C. The molecule has 2 amide bonds. The third-order valence-corrected chi connectivity index (χ3v) is 2.59. The summed E-state index contributed by atoms with van der Waals surface area (Å²) in [6.45, 7) is 10.8. The van der Waals surface area contributed by atoms with Crippen LogP contribution in [0, 0.1) is 11.3 Å². The molecule has 19 heavy (non-hydrogen) atoms. The Morgan fingerprint density at radius 3 is 2.16 bits per heavy atom. The van der Waals surface area contributed by atoms with Crippen molar-refractivity contribution in [3.63, 3.8) is 0 Å². The highest BCUT2D eigenvalue weighted by atomic mass is 16.4. The number of carboxylic acids is 1. The van der Waals surface area contributed by atoms with Crippen molar-refractivity contribution in [2.45, 2.75) is 53.5 Å². The lowest BCUT2D eigenvalue weighted by atomic mass is 9.87. The van der Waals surface area contributed by atoms with Crippen LogP contribution >= 0.6 is 0 Å². The van der Waals surface area contributed by atoms with E-state index in [9.17, 15) is 9.59 Å². The van der Waals surface area contributed by atoms with Gasteiger partial charge in [-0.1, -0.05) is 34.6 Å². The monoisotopic (exact) mass is 272 g/mol. The van der Waals surface area contributed by atoms with Gasteiger partial charge in [0.25, 0.3) is 0 Å². The van der Waals surface area contributed by atoms with E-state index < -0.39 is 5.97 Å². The average molecular weight is 272 g/mol. The van der Waals surface area contributed by atoms with E-state index in [1.54, 1.807) is 11.9 Å². The van der Waals surface area contributed by atoms with Crippen LogP contribution in [0.15, 0.2) is 0 Å². The average Bonchev–Trinajstić information content (AvgIpc) is 2.11. The summed E-state index contributed by atoms with van der Waals surface area (Å²) in [5, 5.41) is 11.7. The molecule has 0 aromatic carbocycles. The molecule has 1 unspecified atom stereocenters. The molecule has 112 valence electrons. The lowest BCUT2D eigenvalue weighted by Gasteiger charge is -2.28. The molecule has 0 rings (SSSR count). The van der Waals surface area contributed by atoms with Gasteiger partial charge in [0.05, 0.1) is 6.42 Å². The molecule has 0 heterocycles. The number of nitrogens with zero attached hydrogens (tertiary/aromatic N) is 1. The van der Waals surface area contributed by atoms with Crippen molar-refractivity contribution >= 4 is 12.0 Å². The fourth-order valence-electron chi connectivity index (χ4n) is 2.04. The maximum Gasteiger partial charge on any atom is 0.317 e. The van der Waals surface area contributed by atoms with Crippen molar-refractivity contribution in [1.29, 1.82) is 0 Å². The van der Waals surface area contributed by atoms with Crippen LogP contribution in [0.5, 0.6) is 0 Å². The molecule has 1 atom stereocenters. The minimum absolute atomic E-state index is 0.0238. The van der Waals surface area contributed by atoms with Gasteiger partial charge < -0.3 is 15.3 Å². The van der Waals surface area contributed by atoms with Gasteiger partial charge in [-0.2, -0.15) is 0 Å².